The minimum atomic E-state index is 0.0817. The molecular formula is C13H20N4O2S. The molecule has 0 saturated carbocycles. The van der Waals surface area contributed by atoms with Crippen molar-refractivity contribution >= 4 is 23.1 Å². The van der Waals surface area contributed by atoms with Gasteiger partial charge in [0.15, 0.2) is 5.84 Å². The van der Waals surface area contributed by atoms with Crippen molar-refractivity contribution in [1.82, 2.24) is 10.2 Å². The van der Waals surface area contributed by atoms with E-state index in [1.54, 1.807) is 11.3 Å². The molecule has 20 heavy (non-hydrogen) atoms. The van der Waals surface area contributed by atoms with Crippen LogP contribution in [0.4, 0.5) is 0 Å². The Morgan fingerprint density at radius 1 is 1.55 bits per heavy atom. The van der Waals surface area contributed by atoms with E-state index in [-0.39, 0.29) is 17.8 Å². The molecule has 0 bridgehead atoms. The van der Waals surface area contributed by atoms with Gasteiger partial charge in [0.25, 0.3) is 0 Å². The molecule has 0 spiro atoms. The number of hydrogen-bond acceptors (Lipinski definition) is 5. The van der Waals surface area contributed by atoms with Gasteiger partial charge in [-0.1, -0.05) is 5.16 Å². The van der Waals surface area contributed by atoms with E-state index in [2.05, 4.69) is 15.4 Å². The van der Waals surface area contributed by atoms with Crippen LogP contribution in [0, 0.1) is 0 Å². The van der Waals surface area contributed by atoms with E-state index in [1.165, 1.54) is 0 Å². The quantitative estimate of drug-likeness (QED) is 0.321. The van der Waals surface area contributed by atoms with Crippen molar-refractivity contribution in [3.63, 3.8) is 0 Å². The third kappa shape index (κ3) is 4.50. The molecule has 0 atom stereocenters. The van der Waals surface area contributed by atoms with Crippen molar-refractivity contribution in [2.45, 2.75) is 25.3 Å². The highest BCUT2D eigenvalue weighted by Crippen LogP contribution is 2.11. The van der Waals surface area contributed by atoms with E-state index in [0.29, 0.717) is 13.0 Å². The second kappa shape index (κ2) is 7.25. The molecule has 0 aromatic carbocycles. The van der Waals surface area contributed by atoms with Gasteiger partial charge in [0.2, 0.25) is 5.91 Å². The van der Waals surface area contributed by atoms with Gasteiger partial charge in [0.05, 0.1) is 13.0 Å². The Kier molecular flexibility index (Phi) is 5.37. The van der Waals surface area contributed by atoms with Gasteiger partial charge >= 0.3 is 0 Å². The second-order valence-electron chi connectivity index (χ2n) is 5.02. The molecule has 1 saturated heterocycles. The molecule has 1 aromatic rings. The zero-order valence-electron chi connectivity index (χ0n) is 11.3. The predicted molar refractivity (Wildman–Crippen MR) is 79.0 cm³/mol. The third-order valence-electron chi connectivity index (χ3n) is 3.41. The number of rotatable bonds is 5. The van der Waals surface area contributed by atoms with Crippen molar-refractivity contribution in [2.24, 2.45) is 10.9 Å². The van der Waals surface area contributed by atoms with E-state index in [4.69, 9.17) is 10.9 Å². The van der Waals surface area contributed by atoms with Gasteiger partial charge in [0, 0.05) is 19.1 Å². The second-order valence-corrected chi connectivity index (χ2v) is 5.80. The van der Waals surface area contributed by atoms with Crippen LogP contribution in [0.15, 0.2) is 22.0 Å². The molecule has 1 aliphatic rings. The molecule has 1 amide bonds. The van der Waals surface area contributed by atoms with Crippen LogP contribution in [-0.2, 0) is 11.2 Å². The van der Waals surface area contributed by atoms with Crippen LogP contribution in [0.25, 0.3) is 0 Å². The Bertz CT molecular complexity index is 453. The lowest BCUT2D eigenvalue weighted by Crippen LogP contribution is -2.47. The summed E-state index contributed by atoms with van der Waals surface area (Å²) in [5.74, 6) is 0.309. The first kappa shape index (κ1) is 14.8. The van der Waals surface area contributed by atoms with Gasteiger partial charge in [-0.05, 0) is 35.2 Å². The molecule has 110 valence electrons. The van der Waals surface area contributed by atoms with Crippen LogP contribution in [0.2, 0.25) is 0 Å². The average molecular weight is 296 g/mol. The van der Waals surface area contributed by atoms with Gasteiger partial charge in [-0.3, -0.25) is 9.69 Å². The van der Waals surface area contributed by atoms with Crippen LogP contribution in [0.1, 0.15) is 18.4 Å². The minimum absolute atomic E-state index is 0.0817. The van der Waals surface area contributed by atoms with Crippen LogP contribution >= 0.6 is 11.3 Å². The molecule has 1 aromatic heterocycles. The van der Waals surface area contributed by atoms with Crippen molar-refractivity contribution in [1.29, 1.82) is 0 Å². The summed E-state index contributed by atoms with van der Waals surface area (Å²) in [4.78, 5) is 14.0. The molecule has 6 nitrogen and oxygen atoms in total. The standard InChI is InChI=1S/C13H20N4O2S/c14-12(16-19)8-17-4-1-11(2-5-17)15-13(18)7-10-3-6-20-9-10/h3,6,9,11,19H,1-2,4-5,7-8H2,(H2,14,16)(H,15,18). The number of carbonyl (C=O) groups excluding carboxylic acids is 1. The molecule has 0 aliphatic carbocycles. The summed E-state index contributed by atoms with van der Waals surface area (Å²) in [7, 11) is 0. The van der Waals surface area contributed by atoms with Crippen LogP contribution in [0.3, 0.4) is 0 Å². The molecular weight excluding hydrogens is 276 g/mol. The zero-order valence-corrected chi connectivity index (χ0v) is 12.1. The van der Waals surface area contributed by atoms with E-state index in [1.807, 2.05) is 16.8 Å². The highest BCUT2D eigenvalue weighted by molar-refractivity contribution is 7.07. The molecule has 1 aliphatic heterocycles. The monoisotopic (exact) mass is 296 g/mol. The number of oxime groups is 1. The number of nitrogens with two attached hydrogens (primary N) is 1. The fraction of sp³-hybridized carbons (Fsp3) is 0.538. The first-order valence-electron chi connectivity index (χ1n) is 6.66. The average Bonchev–Trinajstić information content (AvgIpc) is 2.93. The normalized spacial score (nSPS) is 18.1. The summed E-state index contributed by atoms with van der Waals surface area (Å²) < 4.78 is 0. The van der Waals surface area contributed by atoms with Gasteiger partial charge in [-0.2, -0.15) is 11.3 Å². The summed E-state index contributed by atoms with van der Waals surface area (Å²) in [6, 6.07) is 2.20. The largest absolute Gasteiger partial charge is 0.409 e. The maximum Gasteiger partial charge on any atom is 0.224 e. The van der Waals surface area contributed by atoms with E-state index in [9.17, 15) is 4.79 Å². The summed E-state index contributed by atoms with van der Waals surface area (Å²) in [6.45, 7) is 2.17. The van der Waals surface area contributed by atoms with Crippen molar-refractivity contribution < 1.29 is 10.0 Å². The number of likely N-dealkylation sites (tertiary alicyclic amines) is 1. The zero-order chi connectivity index (χ0) is 14.4. The molecule has 7 heteroatoms. The van der Waals surface area contributed by atoms with Gasteiger partial charge in [0.1, 0.15) is 0 Å². The first-order chi connectivity index (χ1) is 9.67. The molecule has 4 N–H and O–H groups in total. The summed E-state index contributed by atoms with van der Waals surface area (Å²) in [5, 5.41) is 18.6. The Labute approximate surface area is 122 Å². The van der Waals surface area contributed by atoms with Crippen LogP contribution in [-0.4, -0.2) is 47.5 Å². The Balaban J connectivity index is 1.70. The van der Waals surface area contributed by atoms with E-state index >= 15 is 0 Å². The van der Waals surface area contributed by atoms with Crippen molar-refractivity contribution in [3.05, 3.63) is 22.4 Å². The molecule has 2 heterocycles. The summed E-state index contributed by atoms with van der Waals surface area (Å²) >= 11 is 1.61. The Morgan fingerprint density at radius 3 is 2.90 bits per heavy atom. The lowest BCUT2D eigenvalue weighted by Gasteiger charge is -2.31. The molecule has 2 rings (SSSR count). The maximum absolute atomic E-state index is 11.9. The van der Waals surface area contributed by atoms with Crippen LogP contribution in [0.5, 0.6) is 0 Å². The highest BCUT2D eigenvalue weighted by Gasteiger charge is 2.21. The van der Waals surface area contributed by atoms with Gasteiger partial charge in [-0.15, -0.1) is 0 Å². The van der Waals surface area contributed by atoms with E-state index in [0.717, 1.165) is 31.5 Å². The first-order valence-corrected chi connectivity index (χ1v) is 7.61. The topological polar surface area (TPSA) is 91.0 Å². The smallest absolute Gasteiger partial charge is 0.224 e. The number of carbonyl (C=O) groups is 1. The summed E-state index contributed by atoms with van der Waals surface area (Å²) in [5.41, 5.74) is 6.55. The third-order valence-corrected chi connectivity index (χ3v) is 4.14. The molecule has 1 fully saturated rings. The van der Waals surface area contributed by atoms with Gasteiger partial charge < -0.3 is 16.3 Å². The number of amidine groups is 1. The fourth-order valence-corrected chi connectivity index (χ4v) is 3.02. The van der Waals surface area contributed by atoms with Crippen molar-refractivity contribution in [3.8, 4) is 0 Å². The number of hydrogen-bond donors (Lipinski definition) is 3. The number of amides is 1. The minimum Gasteiger partial charge on any atom is -0.409 e. The lowest BCUT2D eigenvalue weighted by atomic mass is 10.0. The number of nitrogens with one attached hydrogen (secondary N) is 1. The predicted octanol–water partition coefficient (Wildman–Crippen LogP) is 0.618. The SMILES string of the molecule is NC(CN1CCC(NC(=O)Cc2ccsc2)CC1)=NO. The van der Waals surface area contributed by atoms with Gasteiger partial charge in [-0.25, -0.2) is 0 Å². The summed E-state index contributed by atoms with van der Waals surface area (Å²) in [6.07, 6.45) is 2.25. The fourth-order valence-electron chi connectivity index (χ4n) is 2.35. The van der Waals surface area contributed by atoms with E-state index < -0.39 is 0 Å². The van der Waals surface area contributed by atoms with Crippen LogP contribution < -0.4 is 11.1 Å². The lowest BCUT2D eigenvalue weighted by molar-refractivity contribution is -0.121. The van der Waals surface area contributed by atoms with Crippen molar-refractivity contribution in [2.75, 3.05) is 19.6 Å². The molecule has 0 radical (unpaired) electrons. The number of thiophene rings is 1. The Morgan fingerprint density at radius 2 is 2.30 bits per heavy atom. The molecule has 0 unspecified atom stereocenters. The Hall–Kier alpha value is -1.60. The number of piperidine rings is 1. The highest BCUT2D eigenvalue weighted by atomic mass is 32.1. The number of nitrogens with zero attached hydrogens (tertiary/aromatic N) is 2. The maximum atomic E-state index is 11.9.